The molecule has 88 valence electrons. The summed E-state index contributed by atoms with van der Waals surface area (Å²) in [4.78, 5) is 20.0. The van der Waals surface area contributed by atoms with Crippen LogP contribution < -0.4 is 0 Å². The van der Waals surface area contributed by atoms with Gasteiger partial charge in [0.2, 0.25) is 0 Å². The van der Waals surface area contributed by atoms with E-state index in [1.54, 1.807) is 0 Å². The van der Waals surface area contributed by atoms with Gasteiger partial charge in [0.05, 0.1) is 12.1 Å². The number of alkyl halides is 3. The van der Waals surface area contributed by atoms with E-state index in [2.05, 4.69) is 9.97 Å². The molecule has 0 bridgehead atoms. The Balaban J connectivity index is 2.74. The van der Waals surface area contributed by atoms with Crippen LogP contribution in [0.3, 0.4) is 0 Å². The molecular formula is C9H10ClF2N3O. The number of nitrogens with zero attached hydrogens (tertiary/aromatic N) is 3. The standard InChI is InChI=1S/C9H10ClF2N3O/c10-1-2-15(5-8(11)12)9(16)7-3-13-6-14-4-7/h3-4,6,8H,1-2,5H2. The first-order valence-electron chi connectivity index (χ1n) is 4.53. The molecule has 1 amide bonds. The van der Waals surface area contributed by atoms with Gasteiger partial charge in [0.25, 0.3) is 12.3 Å². The molecule has 7 heteroatoms. The fourth-order valence-corrected chi connectivity index (χ4v) is 1.34. The lowest BCUT2D eigenvalue weighted by Crippen LogP contribution is -2.36. The van der Waals surface area contributed by atoms with E-state index >= 15 is 0 Å². The number of aromatic nitrogens is 2. The zero-order valence-electron chi connectivity index (χ0n) is 8.31. The SMILES string of the molecule is O=C(c1cncnc1)N(CCCl)CC(F)F. The van der Waals surface area contributed by atoms with E-state index in [-0.39, 0.29) is 18.0 Å². The van der Waals surface area contributed by atoms with Gasteiger partial charge in [-0.1, -0.05) is 0 Å². The summed E-state index contributed by atoms with van der Waals surface area (Å²) in [6.45, 7) is -0.569. The number of hydrogen-bond donors (Lipinski definition) is 0. The fourth-order valence-electron chi connectivity index (χ4n) is 1.14. The summed E-state index contributed by atoms with van der Waals surface area (Å²) in [5.74, 6) is -0.437. The Hall–Kier alpha value is -1.30. The Morgan fingerprint density at radius 3 is 2.56 bits per heavy atom. The van der Waals surface area contributed by atoms with Crippen molar-refractivity contribution in [3.8, 4) is 0 Å². The molecule has 0 N–H and O–H groups in total. The van der Waals surface area contributed by atoms with Crippen LogP contribution in [-0.2, 0) is 0 Å². The second-order valence-electron chi connectivity index (χ2n) is 2.96. The van der Waals surface area contributed by atoms with E-state index in [9.17, 15) is 13.6 Å². The molecule has 0 aliphatic carbocycles. The molecule has 0 saturated heterocycles. The molecule has 4 nitrogen and oxygen atoms in total. The van der Waals surface area contributed by atoms with Gasteiger partial charge in [-0.2, -0.15) is 0 Å². The molecule has 1 aromatic heterocycles. The first-order valence-corrected chi connectivity index (χ1v) is 5.07. The summed E-state index contributed by atoms with van der Waals surface area (Å²) in [6.07, 6.45) is 1.23. The van der Waals surface area contributed by atoms with Gasteiger partial charge in [0.1, 0.15) is 6.33 Å². The quantitative estimate of drug-likeness (QED) is 0.742. The average Bonchev–Trinajstić information content (AvgIpc) is 2.28. The van der Waals surface area contributed by atoms with E-state index < -0.39 is 18.9 Å². The van der Waals surface area contributed by atoms with Crippen LogP contribution in [0.4, 0.5) is 8.78 Å². The molecular weight excluding hydrogens is 240 g/mol. The molecule has 16 heavy (non-hydrogen) atoms. The van der Waals surface area contributed by atoms with Crippen molar-refractivity contribution < 1.29 is 13.6 Å². The third-order valence-electron chi connectivity index (χ3n) is 1.81. The van der Waals surface area contributed by atoms with Crippen molar-refractivity contribution in [2.75, 3.05) is 19.0 Å². The first-order chi connectivity index (χ1) is 7.65. The Labute approximate surface area is 96.3 Å². The number of rotatable bonds is 5. The zero-order valence-corrected chi connectivity index (χ0v) is 9.07. The van der Waals surface area contributed by atoms with Crippen LogP contribution in [0.2, 0.25) is 0 Å². The monoisotopic (exact) mass is 249 g/mol. The van der Waals surface area contributed by atoms with Crippen molar-refractivity contribution in [2.45, 2.75) is 6.43 Å². The molecule has 0 aliphatic rings. The number of hydrogen-bond acceptors (Lipinski definition) is 3. The predicted octanol–water partition coefficient (Wildman–Crippen LogP) is 1.42. The van der Waals surface area contributed by atoms with Gasteiger partial charge < -0.3 is 4.90 Å². The van der Waals surface area contributed by atoms with Crippen LogP contribution >= 0.6 is 11.6 Å². The molecule has 0 radical (unpaired) electrons. The zero-order chi connectivity index (χ0) is 12.0. The first kappa shape index (κ1) is 12.8. The summed E-state index contributed by atoms with van der Waals surface area (Å²) in [5.41, 5.74) is 0.174. The molecule has 1 heterocycles. The third-order valence-corrected chi connectivity index (χ3v) is 1.98. The molecule has 0 atom stereocenters. The minimum absolute atomic E-state index is 0.0691. The highest BCUT2D eigenvalue weighted by molar-refractivity contribution is 6.18. The van der Waals surface area contributed by atoms with Crippen molar-refractivity contribution in [3.05, 3.63) is 24.3 Å². The average molecular weight is 250 g/mol. The molecule has 0 saturated carbocycles. The maximum Gasteiger partial charge on any atom is 0.257 e. The molecule has 0 unspecified atom stereocenters. The Kier molecular flexibility index (Phi) is 5.04. The number of carbonyl (C=O) groups is 1. The van der Waals surface area contributed by atoms with Gasteiger partial charge in [0.15, 0.2) is 0 Å². The molecule has 0 aromatic carbocycles. The van der Waals surface area contributed by atoms with Gasteiger partial charge in [-0.3, -0.25) is 4.79 Å². The Morgan fingerprint density at radius 1 is 1.44 bits per heavy atom. The van der Waals surface area contributed by atoms with Crippen molar-refractivity contribution in [2.24, 2.45) is 0 Å². The van der Waals surface area contributed by atoms with Crippen LogP contribution in [0.1, 0.15) is 10.4 Å². The highest BCUT2D eigenvalue weighted by Crippen LogP contribution is 2.05. The normalized spacial score (nSPS) is 10.5. The molecule has 1 aromatic rings. The van der Waals surface area contributed by atoms with Crippen molar-refractivity contribution >= 4 is 17.5 Å². The minimum Gasteiger partial charge on any atom is -0.332 e. The summed E-state index contributed by atoms with van der Waals surface area (Å²) in [6, 6.07) is 0. The summed E-state index contributed by atoms with van der Waals surface area (Å²) >= 11 is 5.44. The molecule has 1 rings (SSSR count). The van der Waals surface area contributed by atoms with Gasteiger partial charge in [0, 0.05) is 24.8 Å². The van der Waals surface area contributed by atoms with Crippen LogP contribution in [0.5, 0.6) is 0 Å². The number of carbonyl (C=O) groups excluding carboxylic acids is 1. The maximum atomic E-state index is 12.2. The third kappa shape index (κ3) is 3.69. The lowest BCUT2D eigenvalue weighted by molar-refractivity contribution is 0.0570. The number of amides is 1. The number of halogens is 3. The summed E-state index contributed by atoms with van der Waals surface area (Å²) < 4.78 is 24.4. The minimum atomic E-state index is -2.59. The largest absolute Gasteiger partial charge is 0.332 e. The lowest BCUT2D eigenvalue weighted by atomic mass is 10.3. The summed E-state index contributed by atoms with van der Waals surface area (Å²) in [7, 11) is 0. The topological polar surface area (TPSA) is 46.1 Å². The second-order valence-corrected chi connectivity index (χ2v) is 3.34. The van der Waals surface area contributed by atoms with E-state index in [1.165, 1.54) is 18.7 Å². The molecule has 0 aliphatic heterocycles. The fraction of sp³-hybridized carbons (Fsp3) is 0.444. The smallest absolute Gasteiger partial charge is 0.257 e. The molecule has 0 fully saturated rings. The van der Waals surface area contributed by atoms with E-state index in [1.807, 2.05) is 0 Å². The van der Waals surface area contributed by atoms with Gasteiger partial charge in [-0.15, -0.1) is 11.6 Å². The van der Waals surface area contributed by atoms with Crippen LogP contribution in [0, 0.1) is 0 Å². The highest BCUT2D eigenvalue weighted by Gasteiger charge is 2.19. The van der Waals surface area contributed by atoms with Crippen molar-refractivity contribution in [1.29, 1.82) is 0 Å². The van der Waals surface area contributed by atoms with E-state index in [0.29, 0.717) is 0 Å². The lowest BCUT2D eigenvalue weighted by Gasteiger charge is -2.20. The van der Waals surface area contributed by atoms with Gasteiger partial charge in [-0.25, -0.2) is 18.7 Å². The maximum absolute atomic E-state index is 12.2. The predicted molar refractivity (Wildman–Crippen MR) is 54.7 cm³/mol. The van der Waals surface area contributed by atoms with Crippen molar-refractivity contribution in [1.82, 2.24) is 14.9 Å². The van der Waals surface area contributed by atoms with Crippen LogP contribution in [-0.4, -0.2) is 46.2 Å². The Bertz CT molecular complexity index is 337. The molecule has 0 spiro atoms. The van der Waals surface area contributed by atoms with Gasteiger partial charge >= 0.3 is 0 Å². The van der Waals surface area contributed by atoms with Crippen LogP contribution in [0.15, 0.2) is 18.7 Å². The van der Waals surface area contributed by atoms with Gasteiger partial charge in [-0.05, 0) is 0 Å². The highest BCUT2D eigenvalue weighted by atomic mass is 35.5. The second kappa shape index (κ2) is 6.32. The summed E-state index contributed by atoms with van der Waals surface area (Å²) in [5, 5.41) is 0. The van der Waals surface area contributed by atoms with Crippen molar-refractivity contribution in [3.63, 3.8) is 0 Å². The van der Waals surface area contributed by atoms with E-state index in [0.717, 1.165) is 4.90 Å². The Morgan fingerprint density at radius 2 is 2.06 bits per heavy atom. The van der Waals surface area contributed by atoms with E-state index in [4.69, 9.17) is 11.6 Å². The van der Waals surface area contributed by atoms with Crippen LogP contribution in [0.25, 0.3) is 0 Å².